The van der Waals surface area contributed by atoms with Gasteiger partial charge in [0.1, 0.15) is 5.75 Å². The van der Waals surface area contributed by atoms with Crippen molar-refractivity contribution in [1.82, 2.24) is 5.32 Å². The van der Waals surface area contributed by atoms with Gasteiger partial charge in [-0.3, -0.25) is 10.1 Å². The summed E-state index contributed by atoms with van der Waals surface area (Å²) in [5.74, 6) is 0.733. The summed E-state index contributed by atoms with van der Waals surface area (Å²) < 4.78 is 10.7. The maximum Gasteiger partial charge on any atom is 0.291 e. The number of methoxy groups -OCH3 is 1. The zero-order valence-corrected chi connectivity index (χ0v) is 14.1. The van der Waals surface area contributed by atoms with Crippen LogP contribution in [0.3, 0.4) is 0 Å². The van der Waals surface area contributed by atoms with E-state index < -0.39 is 0 Å². The van der Waals surface area contributed by atoms with E-state index in [1.54, 1.807) is 31.4 Å². The van der Waals surface area contributed by atoms with E-state index in [0.717, 1.165) is 6.42 Å². The molecule has 0 aromatic heterocycles. The summed E-state index contributed by atoms with van der Waals surface area (Å²) >= 11 is 0. The highest BCUT2D eigenvalue weighted by molar-refractivity contribution is 6.04. The van der Waals surface area contributed by atoms with Crippen molar-refractivity contribution >= 4 is 11.9 Å². The summed E-state index contributed by atoms with van der Waals surface area (Å²) in [6.45, 7) is 8.62. The topological polar surface area (TPSA) is 59.9 Å². The average Bonchev–Trinajstić information content (AvgIpc) is 2.52. The van der Waals surface area contributed by atoms with Crippen LogP contribution in [-0.2, 0) is 4.74 Å². The fraction of sp³-hybridized carbons (Fsp3) is 0.529. The third-order valence-electron chi connectivity index (χ3n) is 3.03. The van der Waals surface area contributed by atoms with E-state index in [4.69, 9.17) is 9.47 Å². The van der Waals surface area contributed by atoms with Crippen LogP contribution in [0.5, 0.6) is 5.75 Å². The number of nitrogens with one attached hydrogen (secondary N) is 1. The van der Waals surface area contributed by atoms with E-state index in [1.165, 1.54) is 0 Å². The first-order chi connectivity index (χ1) is 10.5. The number of hydrogen-bond donors (Lipinski definition) is 1. The average molecular weight is 306 g/mol. The first-order valence-corrected chi connectivity index (χ1v) is 7.62. The number of nitrogens with zero attached hydrogens (tertiary/aromatic N) is 1. The molecule has 1 aromatic rings. The summed E-state index contributed by atoms with van der Waals surface area (Å²) in [6.07, 6.45) is 0.879. The van der Waals surface area contributed by atoms with Crippen LogP contribution in [0.15, 0.2) is 29.3 Å². The standard InChI is InChI=1S/C17H26N2O3/c1-6-13(4)18-17(22-11-12(2)3)19-16(20)14-8-7-9-15(10-14)21-5/h7-10,12-13H,6,11H2,1-5H3,(H,18,19,20)/t13-/m0/s1. The maximum atomic E-state index is 12.3. The number of hydrogen-bond acceptors (Lipinski definition) is 4. The van der Waals surface area contributed by atoms with Gasteiger partial charge < -0.3 is 9.47 Å². The molecule has 0 radical (unpaired) electrons. The zero-order chi connectivity index (χ0) is 16.5. The van der Waals surface area contributed by atoms with Crippen molar-refractivity contribution < 1.29 is 14.3 Å². The van der Waals surface area contributed by atoms with Gasteiger partial charge >= 0.3 is 0 Å². The third-order valence-corrected chi connectivity index (χ3v) is 3.03. The molecule has 0 aliphatic rings. The second-order valence-corrected chi connectivity index (χ2v) is 5.58. The second-order valence-electron chi connectivity index (χ2n) is 5.58. The Kier molecular flexibility index (Phi) is 7.43. The molecular weight excluding hydrogens is 280 g/mol. The molecule has 0 spiro atoms. The van der Waals surface area contributed by atoms with Crippen molar-refractivity contribution in [2.24, 2.45) is 10.9 Å². The maximum absolute atomic E-state index is 12.3. The first kappa shape index (κ1) is 18.0. The Morgan fingerprint density at radius 3 is 2.64 bits per heavy atom. The molecule has 122 valence electrons. The Morgan fingerprint density at radius 1 is 1.32 bits per heavy atom. The molecule has 0 saturated heterocycles. The van der Waals surface area contributed by atoms with E-state index in [9.17, 15) is 4.79 Å². The molecule has 0 aliphatic heterocycles. The van der Waals surface area contributed by atoms with Gasteiger partial charge in [-0.2, -0.15) is 0 Å². The SMILES string of the molecule is CC[C@H](C)N=C(NC(=O)c1cccc(OC)c1)OCC(C)C. The predicted molar refractivity (Wildman–Crippen MR) is 88.4 cm³/mol. The van der Waals surface area contributed by atoms with Crippen molar-refractivity contribution in [1.29, 1.82) is 0 Å². The Hall–Kier alpha value is -2.04. The number of benzene rings is 1. The highest BCUT2D eigenvalue weighted by Gasteiger charge is 2.12. The molecule has 1 N–H and O–H groups in total. The third kappa shape index (κ3) is 6.16. The lowest BCUT2D eigenvalue weighted by atomic mass is 10.2. The molecule has 5 nitrogen and oxygen atoms in total. The lowest BCUT2D eigenvalue weighted by molar-refractivity contribution is 0.0962. The number of amidine groups is 1. The van der Waals surface area contributed by atoms with Gasteiger partial charge in [-0.25, -0.2) is 4.99 Å². The van der Waals surface area contributed by atoms with Crippen molar-refractivity contribution in [3.8, 4) is 5.75 Å². The molecule has 0 bridgehead atoms. The van der Waals surface area contributed by atoms with E-state index in [-0.39, 0.29) is 18.0 Å². The molecule has 1 aromatic carbocycles. The van der Waals surface area contributed by atoms with Crippen LogP contribution in [0.2, 0.25) is 0 Å². The Bertz CT molecular complexity index is 512. The number of aliphatic imine (C=N–C) groups is 1. The summed E-state index contributed by atoms with van der Waals surface area (Å²) in [4.78, 5) is 16.7. The molecule has 1 amide bonds. The van der Waals surface area contributed by atoms with E-state index in [2.05, 4.69) is 10.3 Å². The molecule has 0 aliphatic carbocycles. The number of ether oxygens (including phenoxy) is 2. The fourth-order valence-electron chi connectivity index (χ4n) is 1.58. The highest BCUT2D eigenvalue weighted by atomic mass is 16.5. The van der Waals surface area contributed by atoms with Crippen LogP contribution in [0.4, 0.5) is 0 Å². The van der Waals surface area contributed by atoms with Crippen LogP contribution in [0.25, 0.3) is 0 Å². The minimum absolute atomic E-state index is 0.0905. The molecule has 22 heavy (non-hydrogen) atoms. The minimum atomic E-state index is -0.260. The summed E-state index contributed by atoms with van der Waals surface area (Å²) in [5.41, 5.74) is 0.504. The first-order valence-electron chi connectivity index (χ1n) is 7.62. The van der Waals surface area contributed by atoms with Gasteiger partial charge in [-0.15, -0.1) is 0 Å². The van der Waals surface area contributed by atoms with Crippen LogP contribution < -0.4 is 10.1 Å². The van der Waals surface area contributed by atoms with Gasteiger partial charge in [-0.1, -0.05) is 26.8 Å². The lowest BCUT2D eigenvalue weighted by Crippen LogP contribution is -2.34. The van der Waals surface area contributed by atoms with Crippen molar-refractivity contribution in [3.63, 3.8) is 0 Å². The molecule has 0 heterocycles. The molecular formula is C17H26N2O3. The lowest BCUT2D eigenvalue weighted by Gasteiger charge is -2.14. The van der Waals surface area contributed by atoms with Crippen LogP contribution in [-0.4, -0.2) is 31.7 Å². The van der Waals surface area contributed by atoms with Crippen LogP contribution in [0.1, 0.15) is 44.5 Å². The fourth-order valence-corrected chi connectivity index (χ4v) is 1.58. The van der Waals surface area contributed by atoms with Gasteiger partial charge in [0.2, 0.25) is 0 Å². The molecule has 0 saturated carbocycles. The summed E-state index contributed by atoms with van der Waals surface area (Å²) in [7, 11) is 1.57. The minimum Gasteiger partial charge on any atom is -0.497 e. The summed E-state index contributed by atoms with van der Waals surface area (Å²) in [5, 5.41) is 2.74. The number of carbonyl (C=O) groups is 1. The Labute approximate surface area is 132 Å². The van der Waals surface area contributed by atoms with Crippen molar-refractivity contribution in [3.05, 3.63) is 29.8 Å². The van der Waals surface area contributed by atoms with Crippen molar-refractivity contribution in [2.45, 2.75) is 40.2 Å². The molecule has 1 atom stereocenters. The van der Waals surface area contributed by atoms with E-state index in [1.807, 2.05) is 27.7 Å². The molecule has 5 heteroatoms. The van der Waals surface area contributed by atoms with Crippen LogP contribution in [0, 0.1) is 5.92 Å². The zero-order valence-electron chi connectivity index (χ0n) is 14.1. The van der Waals surface area contributed by atoms with Gasteiger partial charge in [0.25, 0.3) is 11.9 Å². The van der Waals surface area contributed by atoms with Gasteiger partial charge in [-0.05, 0) is 37.5 Å². The Balaban J connectivity index is 2.82. The molecule has 1 rings (SSSR count). The largest absolute Gasteiger partial charge is 0.497 e. The van der Waals surface area contributed by atoms with Crippen molar-refractivity contribution in [2.75, 3.05) is 13.7 Å². The van der Waals surface area contributed by atoms with E-state index >= 15 is 0 Å². The number of carbonyl (C=O) groups excluding carboxylic acids is 1. The highest BCUT2D eigenvalue weighted by Crippen LogP contribution is 2.12. The van der Waals surface area contributed by atoms with Gasteiger partial charge in [0.05, 0.1) is 19.8 Å². The second kappa shape index (κ2) is 9.07. The molecule has 0 unspecified atom stereocenters. The smallest absolute Gasteiger partial charge is 0.291 e. The Morgan fingerprint density at radius 2 is 2.05 bits per heavy atom. The predicted octanol–water partition coefficient (Wildman–Crippen LogP) is 3.25. The van der Waals surface area contributed by atoms with Gasteiger partial charge in [0, 0.05) is 5.56 Å². The number of amides is 1. The van der Waals surface area contributed by atoms with Gasteiger partial charge in [0.15, 0.2) is 0 Å². The number of rotatable bonds is 6. The van der Waals surface area contributed by atoms with E-state index in [0.29, 0.717) is 23.8 Å². The molecule has 0 fully saturated rings. The van der Waals surface area contributed by atoms with Crippen LogP contribution >= 0.6 is 0 Å². The summed E-state index contributed by atoms with van der Waals surface area (Å²) in [6, 6.07) is 7.33. The normalized spacial score (nSPS) is 12.9. The monoisotopic (exact) mass is 306 g/mol. The quantitative estimate of drug-likeness (QED) is 0.648.